The molecule has 1 heterocycles. The van der Waals surface area contributed by atoms with Gasteiger partial charge in [-0.05, 0) is 23.9 Å². The molecule has 0 amide bonds. The van der Waals surface area contributed by atoms with E-state index in [2.05, 4.69) is 11.8 Å². The third-order valence-electron chi connectivity index (χ3n) is 2.74. The maximum atomic E-state index is 11.5. The molecule has 0 fully saturated rings. The Morgan fingerprint density at radius 1 is 1.22 bits per heavy atom. The maximum absolute atomic E-state index is 11.5. The number of thiophene rings is 1. The zero-order chi connectivity index (χ0) is 13.0. The largest absolute Gasteiger partial charge is 0.480 e. The molecule has 0 radical (unpaired) electrons. The van der Waals surface area contributed by atoms with Crippen LogP contribution in [0.4, 0.5) is 0 Å². The minimum absolute atomic E-state index is 0.696. The van der Waals surface area contributed by atoms with Gasteiger partial charge in [0.05, 0.1) is 4.88 Å². The van der Waals surface area contributed by atoms with Crippen LogP contribution >= 0.6 is 11.3 Å². The van der Waals surface area contributed by atoms with Crippen molar-refractivity contribution < 1.29 is 9.90 Å². The van der Waals surface area contributed by atoms with E-state index in [-0.39, 0.29) is 0 Å². The summed E-state index contributed by atoms with van der Waals surface area (Å²) in [4.78, 5) is 12.4. The van der Waals surface area contributed by atoms with Gasteiger partial charge >= 0.3 is 5.97 Å². The number of carboxylic acids is 1. The minimum atomic E-state index is -1.18. The van der Waals surface area contributed by atoms with Gasteiger partial charge < -0.3 is 5.11 Å². The molecule has 0 saturated heterocycles. The number of carbonyl (C=O) groups is 1. The van der Waals surface area contributed by atoms with Crippen molar-refractivity contribution in [3.8, 4) is 11.8 Å². The number of hydrogen-bond acceptors (Lipinski definition) is 2. The smallest absolute Gasteiger partial charge is 0.326 e. The quantitative estimate of drug-likeness (QED) is 0.838. The van der Waals surface area contributed by atoms with E-state index in [4.69, 9.17) is 0 Å². The minimum Gasteiger partial charge on any atom is -0.480 e. The zero-order valence-corrected chi connectivity index (χ0v) is 10.7. The number of hydrogen-bond donors (Lipinski definition) is 1. The van der Waals surface area contributed by atoms with Gasteiger partial charge in [-0.15, -0.1) is 11.3 Å². The third-order valence-corrected chi connectivity index (χ3v) is 3.52. The van der Waals surface area contributed by atoms with Crippen molar-refractivity contribution in [1.29, 1.82) is 0 Å². The van der Waals surface area contributed by atoms with Gasteiger partial charge in [0.2, 0.25) is 0 Å². The van der Waals surface area contributed by atoms with Crippen molar-refractivity contribution in [2.75, 3.05) is 0 Å². The molecule has 1 N–H and O–H groups in total. The van der Waals surface area contributed by atoms with E-state index in [1.165, 1.54) is 11.3 Å². The highest BCUT2D eigenvalue weighted by molar-refractivity contribution is 7.10. The van der Waals surface area contributed by atoms with Crippen molar-refractivity contribution in [2.24, 2.45) is 0 Å². The van der Waals surface area contributed by atoms with Crippen LogP contribution in [0.2, 0.25) is 0 Å². The standard InChI is InChI=1S/C15H12O2S/c1-15(14(16)17,12-6-3-2-4-7-12)10-9-13-8-5-11-18-13/h2-8,11H,1H3,(H,16,17). The molecule has 1 atom stereocenters. The normalized spacial score (nSPS) is 13.2. The van der Waals surface area contributed by atoms with Crippen LogP contribution in [0.1, 0.15) is 17.4 Å². The summed E-state index contributed by atoms with van der Waals surface area (Å²) in [6, 6.07) is 12.9. The first-order valence-corrected chi connectivity index (χ1v) is 6.36. The Bertz CT molecular complexity index is 590. The molecular weight excluding hydrogens is 244 g/mol. The summed E-state index contributed by atoms with van der Waals surface area (Å²) in [7, 11) is 0. The summed E-state index contributed by atoms with van der Waals surface area (Å²) in [6.07, 6.45) is 0. The molecule has 1 aromatic heterocycles. The first kappa shape index (κ1) is 12.4. The fourth-order valence-corrected chi connectivity index (χ4v) is 2.13. The van der Waals surface area contributed by atoms with Gasteiger partial charge in [-0.1, -0.05) is 48.2 Å². The molecule has 2 nitrogen and oxygen atoms in total. The van der Waals surface area contributed by atoms with E-state index in [1.807, 2.05) is 35.7 Å². The molecule has 90 valence electrons. The first-order valence-electron chi connectivity index (χ1n) is 5.48. The number of rotatable bonds is 2. The van der Waals surface area contributed by atoms with Crippen LogP contribution in [-0.2, 0) is 10.2 Å². The van der Waals surface area contributed by atoms with Crippen LogP contribution in [0, 0.1) is 11.8 Å². The predicted molar refractivity (Wildman–Crippen MR) is 72.6 cm³/mol. The van der Waals surface area contributed by atoms with Gasteiger partial charge in [0.25, 0.3) is 0 Å². The van der Waals surface area contributed by atoms with E-state index in [0.717, 1.165) is 4.88 Å². The molecule has 1 unspecified atom stereocenters. The monoisotopic (exact) mass is 256 g/mol. The van der Waals surface area contributed by atoms with Gasteiger partial charge in [0.1, 0.15) is 0 Å². The lowest BCUT2D eigenvalue weighted by molar-refractivity contribution is -0.140. The molecule has 0 aliphatic heterocycles. The van der Waals surface area contributed by atoms with Gasteiger partial charge in [-0.2, -0.15) is 0 Å². The van der Waals surface area contributed by atoms with Crippen molar-refractivity contribution in [1.82, 2.24) is 0 Å². The second kappa shape index (κ2) is 5.07. The van der Waals surface area contributed by atoms with Crippen LogP contribution < -0.4 is 0 Å². The lowest BCUT2D eigenvalue weighted by Gasteiger charge is -2.18. The average Bonchev–Trinajstić information content (AvgIpc) is 2.90. The average molecular weight is 256 g/mol. The Morgan fingerprint density at radius 2 is 1.94 bits per heavy atom. The molecule has 0 spiro atoms. The van der Waals surface area contributed by atoms with Gasteiger partial charge in [-0.25, -0.2) is 0 Å². The van der Waals surface area contributed by atoms with E-state index >= 15 is 0 Å². The summed E-state index contributed by atoms with van der Waals surface area (Å²) in [6.45, 7) is 1.63. The Labute approximate surface area is 110 Å². The van der Waals surface area contributed by atoms with Gasteiger partial charge in [0.15, 0.2) is 5.41 Å². The predicted octanol–water partition coefficient (Wildman–Crippen LogP) is 3.14. The molecule has 0 saturated carbocycles. The molecule has 1 aromatic carbocycles. The summed E-state index contributed by atoms with van der Waals surface area (Å²) in [5.74, 6) is 4.88. The lowest BCUT2D eigenvalue weighted by Crippen LogP contribution is -2.30. The Kier molecular flexibility index (Phi) is 3.50. The summed E-state index contributed by atoms with van der Waals surface area (Å²) < 4.78 is 0. The second-order valence-corrected chi connectivity index (χ2v) is 4.97. The van der Waals surface area contributed by atoms with Crippen LogP contribution in [0.15, 0.2) is 47.8 Å². The first-order chi connectivity index (χ1) is 8.63. The number of carboxylic acid groups (broad SMARTS) is 1. The molecule has 0 aliphatic carbocycles. The Morgan fingerprint density at radius 3 is 2.50 bits per heavy atom. The molecule has 0 bridgehead atoms. The van der Waals surface area contributed by atoms with Crippen molar-refractivity contribution in [3.05, 3.63) is 58.3 Å². The molecule has 0 aliphatic rings. The highest BCUT2D eigenvalue weighted by Crippen LogP contribution is 2.23. The Balaban J connectivity index is 2.43. The van der Waals surface area contributed by atoms with E-state index < -0.39 is 11.4 Å². The highest BCUT2D eigenvalue weighted by atomic mass is 32.1. The fraction of sp³-hybridized carbons (Fsp3) is 0.133. The van der Waals surface area contributed by atoms with Crippen LogP contribution in [0.25, 0.3) is 0 Å². The third kappa shape index (κ3) is 2.44. The molecule has 2 aromatic rings. The van der Waals surface area contributed by atoms with E-state index in [9.17, 15) is 9.90 Å². The van der Waals surface area contributed by atoms with E-state index in [1.54, 1.807) is 19.1 Å². The SMILES string of the molecule is CC(C#Cc1cccs1)(C(=O)O)c1ccccc1. The van der Waals surface area contributed by atoms with E-state index in [0.29, 0.717) is 5.56 Å². The molecular formula is C15H12O2S. The maximum Gasteiger partial charge on any atom is 0.326 e. The second-order valence-electron chi connectivity index (χ2n) is 4.02. The van der Waals surface area contributed by atoms with Crippen molar-refractivity contribution >= 4 is 17.3 Å². The highest BCUT2D eigenvalue weighted by Gasteiger charge is 2.33. The fourth-order valence-electron chi connectivity index (χ4n) is 1.56. The van der Waals surface area contributed by atoms with Crippen molar-refractivity contribution in [2.45, 2.75) is 12.3 Å². The Hall–Kier alpha value is -2.05. The molecule has 3 heteroatoms. The molecule has 18 heavy (non-hydrogen) atoms. The topological polar surface area (TPSA) is 37.3 Å². The number of aliphatic carboxylic acids is 1. The number of benzene rings is 1. The summed E-state index contributed by atoms with van der Waals surface area (Å²) in [5.41, 5.74) is -0.479. The van der Waals surface area contributed by atoms with Gasteiger partial charge in [0, 0.05) is 0 Å². The molecule has 2 rings (SSSR count). The van der Waals surface area contributed by atoms with Crippen LogP contribution in [0.3, 0.4) is 0 Å². The lowest BCUT2D eigenvalue weighted by atomic mass is 9.83. The van der Waals surface area contributed by atoms with Gasteiger partial charge in [-0.3, -0.25) is 4.79 Å². The zero-order valence-electron chi connectivity index (χ0n) is 9.88. The van der Waals surface area contributed by atoms with Crippen molar-refractivity contribution in [3.63, 3.8) is 0 Å². The van der Waals surface area contributed by atoms with Crippen LogP contribution in [-0.4, -0.2) is 11.1 Å². The van der Waals surface area contributed by atoms with Crippen LogP contribution in [0.5, 0.6) is 0 Å². The summed E-state index contributed by atoms with van der Waals surface area (Å²) >= 11 is 1.50. The summed E-state index contributed by atoms with van der Waals surface area (Å²) in [5, 5.41) is 11.3.